The number of carbonyl (C=O) groups is 1. The van der Waals surface area contributed by atoms with E-state index >= 15 is 0 Å². The summed E-state index contributed by atoms with van der Waals surface area (Å²) in [6, 6.07) is 5.78. The molecule has 1 unspecified atom stereocenters. The molecule has 1 aliphatic rings. The molecule has 2 heterocycles. The molecule has 1 fully saturated rings. The molecule has 6 heteroatoms. The zero-order chi connectivity index (χ0) is 16.4. The van der Waals surface area contributed by atoms with Crippen LogP contribution in [0, 0.1) is 0 Å². The van der Waals surface area contributed by atoms with Crippen LogP contribution in [0.15, 0.2) is 18.2 Å². The zero-order valence-electron chi connectivity index (χ0n) is 13.0. The molecule has 1 N–H and O–H groups in total. The largest absolute Gasteiger partial charge is 0.497 e. The molecule has 3 rings (SSSR count). The lowest BCUT2D eigenvalue weighted by molar-refractivity contribution is 0.0580. The summed E-state index contributed by atoms with van der Waals surface area (Å²) in [5, 5.41) is 10.6. The van der Waals surface area contributed by atoms with Crippen LogP contribution < -0.4 is 4.74 Å². The van der Waals surface area contributed by atoms with Crippen LogP contribution in [-0.2, 0) is 0 Å². The number of aliphatic hydroxyl groups is 1. The summed E-state index contributed by atoms with van der Waals surface area (Å²) in [6.45, 7) is 0.836. The van der Waals surface area contributed by atoms with Gasteiger partial charge in [0.15, 0.2) is 0 Å². The third kappa shape index (κ3) is 3.18. The number of hydrogen-bond donors (Lipinski definition) is 1. The number of thiophene rings is 1. The molecule has 124 valence electrons. The van der Waals surface area contributed by atoms with Crippen molar-refractivity contribution in [3.63, 3.8) is 0 Å². The van der Waals surface area contributed by atoms with E-state index < -0.39 is 0 Å². The van der Waals surface area contributed by atoms with Gasteiger partial charge in [-0.15, -0.1) is 11.3 Å². The van der Waals surface area contributed by atoms with E-state index in [1.54, 1.807) is 7.11 Å². The molecule has 2 aromatic rings. The maximum absolute atomic E-state index is 13.0. The van der Waals surface area contributed by atoms with E-state index in [-0.39, 0.29) is 18.6 Å². The summed E-state index contributed by atoms with van der Waals surface area (Å²) in [5.74, 6) is 0.709. The van der Waals surface area contributed by atoms with E-state index in [9.17, 15) is 9.90 Å². The summed E-state index contributed by atoms with van der Waals surface area (Å²) in [6.07, 6.45) is 3.68. The molecule has 0 bridgehead atoms. The monoisotopic (exact) mass is 353 g/mol. The average molecular weight is 354 g/mol. The van der Waals surface area contributed by atoms with Gasteiger partial charge in [0.25, 0.3) is 5.91 Å². The number of likely N-dealkylation sites (tertiary alicyclic amines) is 1. The Morgan fingerprint density at radius 2 is 2.30 bits per heavy atom. The van der Waals surface area contributed by atoms with Crippen LogP contribution in [0.2, 0.25) is 5.02 Å². The van der Waals surface area contributed by atoms with Crippen molar-refractivity contribution in [2.75, 3.05) is 20.3 Å². The lowest BCUT2D eigenvalue weighted by Gasteiger charge is -2.35. The maximum Gasteiger partial charge on any atom is 0.265 e. The molecule has 1 aliphatic heterocycles. The first-order valence-electron chi connectivity index (χ1n) is 7.83. The van der Waals surface area contributed by atoms with Crippen LogP contribution in [0.1, 0.15) is 35.4 Å². The number of carbonyl (C=O) groups excluding carboxylic acids is 1. The van der Waals surface area contributed by atoms with Gasteiger partial charge >= 0.3 is 0 Å². The molecular formula is C17H20ClNO3S. The van der Waals surface area contributed by atoms with Crippen molar-refractivity contribution in [1.29, 1.82) is 0 Å². The predicted octanol–water partition coefficient (Wildman–Crippen LogP) is 3.94. The molecule has 0 radical (unpaired) electrons. The highest BCUT2D eigenvalue weighted by molar-refractivity contribution is 7.21. The first-order chi connectivity index (χ1) is 11.2. The third-order valence-electron chi connectivity index (χ3n) is 4.38. The smallest absolute Gasteiger partial charge is 0.265 e. The number of piperidine rings is 1. The summed E-state index contributed by atoms with van der Waals surface area (Å²) in [4.78, 5) is 15.4. The van der Waals surface area contributed by atoms with E-state index in [4.69, 9.17) is 16.3 Å². The van der Waals surface area contributed by atoms with E-state index in [1.807, 2.05) is 23.1 Å². The van der Waals surface area contributed by atoms with Gasteiger partial charge in [-0.25, -0.2) is 0 Å². The number of rotatable bonds is 4. The molecule has 23 heavy (non-hydrogen) atoms. The van der Waals surface area contributed by atoms with Gasteiger partial charge < -0.3 is 14.7 Å². The fraction of sp³-hybridized carbons (Fsp3) is 0.471. The Kier molecular flexibility index (Phi) is 5.09. The Balaban J connectivity index is 1.95. The van der Waals surface area contributed by atoms with Crippen molar-refractivity contribution in [1.82, 2.24) is 4.90 Å². The normalized spacial score (nSPS) is 18.4. The Labute approximate surface area is 144 Å². The Bertz CT molecular complexity index is 713. The van der Waals surface area contributed by atoms with Crippen molar-refractivity contribution >= 4 is 38.9 Å². The van der Waals surface area contributed by atoms with Gasteiger partial charge in [-0.3, -0.25) is 4.79 Å². The minimum atomic E-state index is -0.0201. The number of ether oxygens (including phenoxy) is 1. The number of benzene rings is 1. The van der Waals surface area contributed by atoms with Crippen LogP contribution in [0.25, 0.3) is 10.1 Å². The molecular weight excluding hydrogens is 334 g/mol. The molecule has 4 nitrogen and oxygen atoms in total. The first kappa shape index (κ1) is 16.6. The molecule has 1 amide bonds. The minimum absolute atomic E-state index is 0.0201. The van der Waals surface area contributed by atoms with Gasteiger partial charge in [0.2, 0.25) is 0 Å². The standard InChI is InChI=1S/C17H20ClNO3S/c1-22-12-5-6-14-13(10-12)15(18)16(23-14)17(21)19-8-3-2-4-11(19)7-9-20/h5-6,10-11,20H,2-4,7-9H2,1H3. The predicted molar refractivity (Wildman–Crippen MR) is 93.8 cm³/mol. The maximum atomic E-state index is 13.0. The SMILES string of the molecule is COc1ccc2sc(C(=O)N3CCCCC3CCO)c(Cl)c2c1. The van der Waals surface area contributed by atoms with Crippen molar-refractivity contribution in [2.24, 2.45) is 0 Å². The minimum Gasteiger partial charge on any atom is -0.497 e. The number of nitrogens with zero attached hydrogens (tertiary/aromatic N) is 1. The summed E-state index contributed by atoms with van der Waals surface area (Å²) in [5.41, 5.74) is 0. The first-order valence-corrected chi connectivity index (χ1v) is 9.03. The number of methoxy groups -OCH3 is 1. The fourth-order valence-corrected chi connectivity index (χ4v) is 4.60. The number of amides is 1. The van der Waals surface area contributed by atoms with Crippen LogP contribution in [0.4, 0.5) is 0 Å². The lowest BCUT2D eigenvalue weighted by atomic mass is 9.99. The highest BCUT2D eigenvalue weighted by Crippen LogP contribution is 2.38. The fourth-order valence-electron chi connectivity index (χ4n) is 3.16. The van der Waals surface area contributed by atoms with Gasteiger partial charge in [-0.1, -0.05) is 11.6 Å². The summed E-state index contributed by atoms with van der Waals surface area (Å²) >= 11 is 7.91. The van der Waals surface area contributed by atoms with Gasteiger partial charge in [-0.05, 0) is 43.9 Å². The molecule has 1 atom stereocenters. The van der Waals surface area contributed by atoms with Crippen LogP contribution in [-0.4, -0.2) is 42.2 Å². The second-order valence-corrected chi connectivity index (χ2v) is 7.20. The highest BCUT2D eigenvalue weighted by atomic mass is 35.5. The van der Waals surface area contributed by atoms with Gasteiger partial charge in [0.1, 0.15) is 10.6 Å². The van der Waals surface area contributed by atoms with Crippen LogP contribution in [0.5, 0.6) is 5.75 Å². The van der Waals surface area contributed by atoms with E-state index in [0.717, 1.165) is 41.6 Å². The van der Waals surface area contributed by atoms with E-state index in [2.05, 4.69) is 0 Å². The highest BCUT2D eigenvalue weighted by Gasteiger charge is 2.30. The number of fused-ring (bicyclic) bond motifs is 1. The summed E-state index contributed by atoms with van der Waals surface area (Å²) in [7, 11) is 1.61. The van der Waals surface area contributed by atoms with Crippen molar-refractivity contribution in [3.05, 3.63) is 28.1 Å². The molecule has 0 saturated carbocycles. The quantitative estimate of drug-likeness (QED) is 0.905. The van der Waals surface area contributed by atoms with E-state index in [0.29, 0.717) is 16.3 Å². The molecule has 1 aromatic carbocycles. The molecule has 1 aromatic heterocycles. The second-order valence-electron chi connectivity index (χ2n) is 5.77. The Morgan fingerprint density at radius 1 is 1.48 bits per heavy atom. The molecule has 1 saturated heterocycles. The van der Waals surface area contributed by atoms with Crippen LogP contribution >= 0.6 is 22.9 Å². The van der Waals surface area contributed by atoms with Gasteiger partial charge in [0.05, 0.1) is 12.1 Å². The number of hydrogen-bond acceptors (Lipinski definition) is 4. The Hall–Kier alpha value is -1.30. The van der Waals surface area contributed by atoms with Crippen LogP contribution in [0.3, 0.4) is 0 Å². The number of halogens is 1. The van der Waals surface area contributed by atoms with E-state index in [1.165, 1.54) is 11.3 Å². The van der Waals surface area contributed by atoms with Crippen molar-refractivity contribution in [3.8, 4) is 5.75 Å². The zero-order valence-corrected chi connectivity index (χ0v) is 14.6. The third-order valence-corrected chi connectivity index (χ3v) is 6.04. The summed E-state index contributed by atoms with van der Waals surface area (Å²) < 4.78 is 6.22. The Morgan fingerprint density at radius 3 is 3.04 bits per heavy atom. The van der Waals surface area contributed by atoms with Gasteiger partial charge in [-0.2, -0.15) is 0 Å². The van der Waals surface area contributed by atoms with Crippen molar-refractivity contribution < 1.29 is 14.6 Å². The van der Waals surface area contributed by atoms with Gasteiger partial charge in [0, 0.05) is 29.3 Å². The average Bonchev–Trinajstić information content (AvgIpc) is 2.91. The number of aliphatic hydroxyl groups excluding tert-OH is 1. The topological polar surface area (TPSA) is 49.8 Å². The second kappa shape index (κ2) is 7.07. The molecule has 0 spiro atoms. The lowest BCUT2D eigenvalue weighted by Crippen LogP contribution is -2.44. The molecule has 0 aliphatic carbocycles. The van der Waals surface area contributed by atoms with Crippen molar-refractivity contribution in [2.45, 2.75) is 31.7 Å².